The second-order valence-corrected chi connectivity index (χ2v) is 3.32. The van der Waals surface area contributed by atoms with Crippen molar-refractivity contribution >= 4 is 5.82 Å². The lowest BCUT2D eigenvalue weighted by Gasteiger charge is -1.96. The van der Waals surface area contributed by atoms with E-state index in [-0.39, 0.29) is 0 Å². The van der Waals surface area contributed by atoms with Gasteiger partial charge in [0, 0.05) is 17.5 Å². The van der Waals surface area contributed by atoms with Crippen molar-refractivity contribution < 1.29 is 0 Å². The molecule has 0 bridgehead atoms. The van der Waals surface area contributed by atoms with Crippen molar-refractivity contribution in [2.45, 2.75) is 19.8 Å². The van der Waals surface area contributed by atoms with Crippen LogP contribution in [-0.2, 0) is 12.8 Å². The standard InChI is InChI=1S/C9H13N5/c1-6-8(13-14-9(6)10)3-2-7-4-11-12-5-7/h4-5H,2-3H2,1H3,(H,11,12)(H3,10,13,14). The minimum absolute atomic E-state index is 0.590. The second kappa shape index (κ2) is 3.53. The molecule has 0 spiro atoms. The van der Waals surface area contributed by atoms with Crippen molar-refractivity contribution in [3.63, 3.8) is 0 Å². The first-order valence-corrected chi connectivity index (χ1v) is 4.54. The molecular weight excluding hydrogens is 178 g/mol. The summed E-state index contributed by atoms with van der Waals surface area (Å²) in [5.74, 6) is 0.590. The number of anilines is 1. The zero-order valence-corrected chi connectivity index (χ0v) is 8.04. The molecule has 0 saturated heterocycles. The number of rotatable bonds is 3. The fraction of sp³-hybridized carbons (Fsp3) is 0.333. The number of aromatic amines is 2. The van der Waals surface area contributed by atoms with Crippen LogP contribution in [0.1, 0.15) is 16.8 Å². The van der Waals surface area contributed by atoms with E-state index in [0.29, 0.717) is 5.82 Å². The summed E-state index contributed by atoms with van der Waals surface area (Å²) in [5, 5.41) is 13.5. The van der Waals surface area contributed by atoms with Gasteiger partial charge in [0.25, 0.3) is 0 Å². The van der Waals surface area contributed by atoms with Crippen LogP contribution in [-0.4, -0.2) is 20.4 Å². The summed E-state index contributed by atoms with van der Waals surface area (Å²) in [4.78, 5) is 0. The molecule has 14 heavy (non-hydrogen) atoms. The normalized spacial score (nSPS) is 10.6. The fourth-order valence-corrected chi connectivity index (χ4v) is 1.38. The van der Waals surface area contributed by atoms with Crippen LogP contribution >= 0.6 is 0 Å². The minimum Gasteiger partial charge on any atom is -0.382 e. The molecule has 0 fully saturated rings. The Labute approximate surface area is 81.7 Å². The molecule has 2 heterocycles. The first kappa shape index (κ1) is 8.80. The minimum atomic E-state index is 0.590. The van der Waals surface area contributed by atoms with Crippen LogP contribution < -0.4 is 5.73 Å². The number of hydrogen-bond acceptors (Lipinski definition) is 3. The summed E-state index contributed by atoms with van der Waals surface area (Å²) in [6, 6.07) is 0. The molecule has 2 aromatic rings. The van der Waals surface area contributed by atoms with E-state index in [1.54, 1.807) is 0 Å². The highest BCUT2D eigenvalue weighted by atomic mass is 15.2. The lowest BCUT2D eigenvalue weighted by Crippen LogP contribution is -1.93. The molecule has 0 amide bonds. The quantitative estimate of drug-likeness (QED) is 0.671. The zero-order valence-electron chi connectivity index (χ0n) is 8.04. The average Bonchev–Trinajstić information content (AvgIpc) is 2.77. The van der Waals surface area contributed by atoms with Crippen LogP contribution in [0.5, 0.6) is 0 Å². The Hall–Kier alpha value is -1.78. The number of hydrogen-bond donors (Lipinski definition) is 3. The van der Waals surface area contributed by atoms with Crippen LogP contribution in [0.25, 0.3) is 0 Å². The Balaban J connectivity index is 2.02. The van der Waals surface area contributed by atoms with Crippen LogP contribution in [0.3, 0.4) is 0 Å². The smallest absolute Gasteiger partial charge is 0.148 e. The van der Waals surface area contributed by atoms with E-state index in [0.717, 1.165) is 24.1 Å². The van der Waals surface area contributed by atoms with E-state index in [2.05, 4.69) is 20.4 Å². The molecule has 0 radical (unpaired) electrons. The van der Waals surface area contributed by atoms with Gasteiger partial charge >= 0.3 is 0 Å². The first-order chi connectivity index (χ1) is 6.77. The van der Waals surface area contributed by atoms with Gasteiger partial charge in [-0.25, -0.2) is 0 Å². The number of H-pyrrole nitrogens is 2. The highest BCUT2D eigenvalue weighted by molar-refractivity contribution is 5.40. The Morgan fingerprint density at radius 3 is 2.86 bits per heavy atom. The lowest BCUT2D eigenvalue weighted by molar-refractivity contribution is 0.888. The van der Waals surface area contributed by atoms with Crippen molar-refractivity contribution in [1.29, 1.82) is 0 Å². The molecule has 0 aromatic carbocycles. The third-order valence-corrected chi connectivity index (χ3v) is 2.37. The molecule has 0 aliphatic carbocycles. The van der Waals surface area contributed by atoms with E-state index in [4.69, 9.17) is 5.73 Å². The Bertz CT molecular complexity index is 401. The van der Waals surface area contributed by atoms with Crippen LogP contribution in [0.4, 0.5) is 5.82 Å². The maximum Gasteiger partial charge on any atom is 0.148 e. The molecule has 0 aliphatic heterocycles. The SMILES string of the molecule is Cc1c(N)n[nH]c1CCc1cn[nH]c1. The van der Waals surface area contributed by atoms with E-state index in [1.165, 1.54) is 5.56 Å². The molecular formula is C9H13N5. The van der Waals surface area contributed by atoms with Crippen LogP contribution in [0.2, 0.25) is 0 Å². The number of nitrogens with two attached hydrogens (primary N) is 1. The van der Waals surface area contributed by atoms with Gasteiger partial charge in [0.2, 0.25) is 0 Å². The van der Waals surface area contributed by atoms with Crippen molar-refractivity contribution in [2.75, 3.05) is 5.73 Å². The van der Waals surface area contributed by atoms with Gasteiger partial charge in [-0.15, -0.1) is 0 Å². The van der Waals surface area contributed by atoms with Crippen molar-refractivity contribution in [3.8, 4) is 0 Å². The van der Waals surface area contributed by atoms with E-state index >= 15 is 0 Å². The summed E-state index contributed by atoms with van der Waals surface area (Å²) in [6.45, 7) is 1.98. The van der Waals surface area contributed by atoms with Crippen LogP contribution in [0, 0.1) is 6.92 Å². The summed E-state index contributed by atoms with van der Waals surface area (Å²) >= 11 is 0. The number of aromatic nitrogens is 4. The largest absolute Gasteiger partial charge is 0.382 e. The maximum absolute atomic E-state index is 5.63. The molecule has 4 N–H and O–H groups in total. The second-order valence-electron chi connectivity index (χ2n) is 3.32. The van der Waals surface area contributed by atoms with Gasteiger partial charge in [-0.2, -0.15) is 10.2 Å². The van der Waals surface area contributed by atoms with Gasteiger partial charge in [-0.3, -0.25) is 10.2 Å². The highest BCUT2D eigenvalue weighted by Crippen LogP contribution is 2.13. The molecule has 2 aromatic heterocycles. The number of nitrogens with one attached hydrogen (secondary N) is 2. The number of aryl methyl sites for hydroxylation is 2. The molecule has 0 atom stereocenters. The first-order valence-electron chi connectivity index (χ1n) is 4.54. The summed E-state index contributed by atoms with van der Waals surface area (Å²) in [6.07, 6.45) is 5.58. The van der Waals surface area contributed by atoms with Crippen LogP contribution in [0.15, 0.2) is 12.4 Å². The Morgan fingerprint density at radius 2 is 2.29 bits per heavy atom. The monoisotopic (exact) mass is 191 g/mol. The van der Waals surface area contributed by atoms with Crippen molar-refractivity contribution in [1.82, 2.24) is 20.4 Å². The van der Waals surface area contributed by atoms with Gasteiger partial charge in [0.15, 0.2) is 0 Å². The highest BCUT2D eigenvalue weighted by Gasteiger charge is 2.05. The van der Waals surface area contributed by atoms with Crippen molar-refractivity contribution in [2.24, 2.45) is 0 Å². The maximum atomic E-state index is 5.63. The number of nitrogen functional groups attached to an aromatic ring is 1. The molecule has 0 unspecified atom stereocenters. The lowest BCUT2D eigenvalue weighted by atomic mass is 10.1. The van der Waals surface area contributed by atoms with Gasteiger partial charge in [0.05, 0.1) is 6.20 Å². The third kappa shape index (κ3) is 1.61. The van der Waals surface area contributed by atoms with Gasteiger partial charge in [-0.1, -0.05) is 0 Å². The summed E-state index contributed by atoms with van der Waals surface area (Å²) in [7, 11) is 0. The van der Waals surface area contributed by atoms with Gasteiger partial charge in [-0.05, 0) is 25.3 Å². The topological polar surface area (TPSA) is 83.4 Å². The predicted octanol–water partition coefficient (Wildman–Crippen LogP) is 0.809. The van der Waals surface area contributed by atoms with E-state index < -0.39 is 0 Å². The van der Waals surface area contributed by atoms with Crippen molar-refractivity contribution in [3.05, 3.63) is 29.2 Å². The fourth-order valence-electron chi connectivity index (χ4n) is 1.38. The van der Waals surface area contributed by atoms with Gasteiger partial charge < -0.3 is 5.73 Å². The third-order valence-electron chi connectivity index (χ3n) is 2.37. The van der Waals surface area contributed by atoms with E-state index in [9.17, 15) is 0 Å². The molecule has 5 nitrogen and oxygen atoms in total. The molecule has 0 aliphatic rings. The molecule has 5 heteroatoms. The summed E-state index contributed by atoms with van der Waals surface area (Å²) < 4.78 is 0. The Kier molecular flexibility index (Phi) is 2.22. The Morgan fingerprint density at radius 1 is 1.43 bits per heavy atom. The average molecular weight is 191 g/mol. The van der Waals surface area contributed by atoms with Gasteiger partial charge in [0.1, 0.15) is 5.82 Å². The van der Waals surface area contributed by atoms with E-state index in [1.807, 2.05) is 19.3 Å². The molecule has 74 valence electrons. The summed E-state index contributed by atoms with van der Waals surface area (Å²) in [5.41, 5.74) is 8.97. The zero-order chi connectivity index (χ0) is 9.97. The number of nitrogens with zero attached hydrogens (tertiary/aromatic N) is 2. The molecule has 2 rings (SSSR count). The molecule has 0 saturated carbocycles. The predicted molar refractivity (Wildman–Crippen MR) is 53.7 cm³/mol.